The molecule has 1 aliphatic carbocycles. The molecule has 0 bridgehead atoms. The van der Waals surface area contributed by atoms with Crippen molar-refractivity contribution in [2.75, 3.05) is 13.2 Å². The van der Waals surface area contributed by atoms with Crippen molar-refractivity contribution in [1.82, 2.24) is 25.2 Å². The molecule has 4 rings (SSSR count). The number of benzene rings is 1. The lowest BCUT2D eigenvalue weighted by Crippen LogP contribution is -2.37. The Labute approximate surface area is 164 Å². The summed E-state index contributed by atoms with van der Waals surface area (Å²) < 4.78 is 7.96. The summed E-state index contributed by atoms with van der Waals surface area (Å²) in [5.74, 6) is 3.24. The summed E-state index contributed by atoms with van der Waals surface area (Å²) in [6, 6.07) is 14.0. The zero-order valence-electron chi connectivity index (χ0n) is 16.1. The van der Waals surface area contributed by atoms with Gasteiger partial charge in [0.05, 0.1) is 19.7 Å². The van der Waals surface area contributed by atoms with Crippen LogP contribution in [0.15, 0.2) is 53.7 Å². The predicted molar refractivity (Wildman–Crippen MR) is 109 cm³/mol. The normalized spacial score (nSPS) is 14.2. The molecule has 2 aromatic heterocycles. The van der Waals surface area contributed by atoms with Gasteiger partial charge in [-0.3, -0.25) is 4.40 Å². The van der Waals surface area contributed by atoms with Crippen molar-refractivity contribution in [3.8, 4) is 5.75 Å². The Bertz CT molecular complexity index is 947. The van der Waals surface area contributed by atoms with E-state index < -0.39 is 0 Å². The summed E-state index contributed by atoms with van der Waals surface area (Å²) in [4.78, 5) is 4.72. The molecule has 28 heavy (non-hydrogen) atoms. The fraction of sp³-hybridized carbons (Fsp3) is 0.381. The number of nitrogens with one attached hydrogen (secondary N) is 2. The van der Waals surface area contributed by atoms with Crippen LogP contribution in [0.25, 0.3) is 5.65 Å². The highest BCUT2D eigenvalue weighted by Gasteiger charge is 2.22. The maximum atomic E-state index is 5.99. The number of aromatic nitrogens is 3. The average Bonchev–Trinajstić information content (AvgIpc) is 3.47. The molecule has 0 spiro atoms. The van der Waals surface area contributed by atoms with Gasteiger partial charge in [0.25, 0.3) is 0 Å². The first-order valence-electron chi connectivity index (χ1n) is 9.85. The van der Waals surface area contributed by atoms with Crippen LogP contribution in [-0.2, 0) is 13.1 Å². The number of aliphatic imine (C=N–C) groups is 1. The Kier molecular flexibility index (Phi) is 5.70. The molecular formula is C21H26N6O. The van der Waals surface area contributed by atoms with Gasteiger partial charge in [0.15, 0.2) is 17.4 Å². The van der Waals surface area contributed by atoms with Crippen LogP contribution in [0.4, 0.5) is 0 Å². The summed E-state index contributed by atoms with van der Waals surface area (Å²) >= 11 is 0. The molecule has 3 aromatic rings. The molecule has 0 radical (unpaired) electrons. The summed E-state index contributed by atoms with van der Waals surface area (Å²) in [5, 5.41) is 15.1. The zero-order valence-corrected chi connectivity index (χ0v) is 16.1. The van der Waals surface area contributed by atoms with Gasteiger partial charge >= 0.3 is 0 Å². The van der Waals surface area contributed by atoms with Gasteiger partial charge in [0.1, 0.15) is 5.75 Å². The van der Waals surface area contributed by atoms with Gasteiger partial charge in [-0.15, -0.1) is 10.2 Å². The third kappa shape index (κ3) is 4.60. The molecule has 7 heteroatoms. The Morgan fingerprint density at radius 1 is 1.14 bits per heavy atom. The van der Waals surface area contributed by atoms with Crippen molar-refractivity contribution in [2.45, 2.75) is 32.9 Å². The summed E-state index contributed by atoms with van der Waals surface area (Å²) in [7, 11) is 0. The van der Waals surface area contributed by atoms with E-state index in [-0.39, 0.29) is 0 Å². The monoisotopic (exact) mass is 378 g/mol. The van der Waals surface area contributed by atoms with Crippen molar-refractivity contribution in [2.24, 2.45) is 10.9 Å². The Balaban J connectivity index is 1.42. The number of hydrogen-bond acceptors (Lipinski definition) is 4. The number of hydrogen-bond donors (Lipinski definition) is 2. The molecule has 1 aromatic carbocycles. The highest BCUT2D eigenvalue weighted by atomic mass is 16.5. The lowest BCUT2D eigenvalue weighted by molar-refractivity contribution is 0.297. The highest BCUT2D eigenvalue weighted by Crippen LogP contribution is 2.30. The minimum atomic E-state index is 0.539. The van der Waals surface area contributed by atoms with Gasteiger partial charge in [-0.25, -0.2) is 4.99 Å². The van der Waals surface area contributed by atoms with Gasteiger partial charge in [0.2, 0.25) is 0 Å². The van der Waals surface area contributed by atoms with Crippen molar-refractivity contribution < 1.29 is 4.74 Å². The molecule has 0 atom stereocenters. The van der Waals surface area contributed by atoms with E-state index in [9.17, 15) is 0 Å². The van der Waals surface area contributed by atoms with Crippen LogP contribution >= 0.6 is 0 Å². The molecule has 1 aliphatic rings. The molecule has 1 fully saturated rings. The third-order valence-corrected chi connectivity index (χ3v) is 4.69. The summed E-state index contributed by atoms with van der Waals surface area (Å²) in [5.41, 5.74) is 1.93. The van der Waals surface area contributed by atoms with E-state index in [1.807, 2.05) is 47.0 Å². The average molecular weight is 378 g/mol. The van der Waals surface area contributed by atoms with E-state index in [1.165, 1.54) is 12.8 Å². The first-order chi connectivity index (χ1) is 13.8. The number of nitrogens with zero attached hydrogens (tertiary/aromatic N) is 4. The topological polar surface area (TPSA) is 75.8 Å². The van der Waals surface area contributed by atoms with Crippen LogP contribution in [0, 0.1) is 5.92 Å². The van der Waals surface area contributed by atoms with Gasteiger partial charge in [-0.05, 0) is 43.9 Å². The molecule has 2 N–H and O–H groups in total. The van der Waals surface area contributed by atoms with Gasteiger partial charge in [0, 0.05) is 18.3 Å². The second-order valence-corrected chi connectivity index (χ2v) is 6.96. The molecular weight excluding hydrogens is 352 g/mol. The second-order valence-electron chi connectivity index (χ2n) is 6.96. The van der Waals surface area contributed by atoms with Gasteiger partial charge in [-0.1, -0.05) is 24.3 Å². The Morgan fingerprint density at radius 2 is 2.00 bits per heavy atom. The lowest BCUT2D eigenvalue weighted by Gasteiger charge is -2.12. The highest BCUT2D eigenvalue weighted by molar-refractivity contribution is 5.79. The van der Waals surface area contributed by atoms with Crippen LogP contribution in [0.1, 0.15) is 31.2 Å². The first kappa shape index (κ1) is 18.3. The quantitative estimate of drug-likeness (QED) is 0.466. The molecule has 146 valence electrons. The van der Waals surface area contributed by atoms with Crippen LogP contribution in [-0.4, -0.2) is 33.7 Å². The van der Waals surface area contributed by atoms with Crippen LogP contribution in [0.5, 0.6) is 5.75 Å². The predicted octanol–water partition coefficient (Wildman–Crippen LogP) is 2.77. The Morgan fingerprint density at radius 3 is 2.86 bits per heavy atom. The minimum Gasteiger partial charge on any atom is -0.493 e. The molecule has 0 saturated heterocycles. The molecule has 0 amide bonds. The van der Waals surface area contributed by atoms with Crippen molar-refractivity contribution >= 4 is 11.6 Å². The standard InChI is InChI=1S/C21H26N6O/c1-2-22-21(24-14-20-26-25-19-9-5-6-12-27(19)20)23-13-17-7-3-4-8-18(17)28-15-16-10-11-16/h3-9,12,16H,2,10-11,13-15H2,1H3,(H2,22,23,24). The smallest absolute Gasteiger partial charge is 0.191 e. The van der Waals surface area contributed by atoms with Gasteiger partial charge in [-0.2, -0.15) is 0 Å². The van der Waals surface area contributed by atoms with E-state index in [2.05, 4.69) is 33.8 Å². The zero-order chi connectivity index (χ0) is 19.2. The first-order valence-corrected chi connectivity index (χ1v) is 9.85. The van der Waals surface area contributed by atoms with Crippen molar-refractivity contribution in [1.29, 1.82) is 0 Å². The van der Waals surface area contributed by atoms with E-state index >= 15 is 0 Å². The fourth-order valence-electron chi connectivity index (χ4n) is 2.95. The van der Waals surface area contributed by atoms with Crippen LogP contribution in [0.2, 0.25) is 0 Å². The number of para-hydroxylation sites is 1. The van der Waals surface area contributed by atoms with Gasteiger partial charge < -0.3 is 15.4 Å². The molecule has 2 heterocycles. The SMILES string of the molecule is CCNC(=NCc1ccccc1OCC1CC1)NCc1nnc2ccccn12. The number of rotatable bonds is 8. The fourth-order valence-corrected chi connectivity index (χ4v) is 2.95. The summed E-state index contributed by atoms with van der Waals surface area (Å²) in [6.07, 6.45) is 4.53. The molecule has 0 unspecified atom stereocenters. The minimum absolute atomic E-state index is 0.539. The van der Waals surface area contributed by atoms with E-state index in [0.29, 0.717) is 13.1 Å². The summed E-state index contributed by atoms with van der Waals surface area (Å²) in [6.45, 7) is 4.73. The lowest BCUT2D eigenvalue weighted by atomic mass is 10.2. The second kappa shape index (κ2) is 8.73. The molecule has 0 aliphatic heterocycles. The van der Waals surface area contributed by atoms with Crippen molar-refractivity contribution in [3.63, 3.8) is 0 Å². The number of guanidine groups is 1. The van der Waals surface area contributed by atoms with Crippen molar-refractivity contribution in [3.05, 3.63) is 60.0 Å². The van der Waals surface area contributed by atoms with Crippen LogP contribution < -0.4 is 15.4 Å². The van der Waals surface area contributed by atoms with E-state index in [0.717, 1.165) is 47.8 Å². The Hall–Kier alpha value is -3.09. The number of fused-ring (bicyclic) bond motifs is 1. The van der Waals surface area contributed by atoms with E-state index in [1.54, 1.807) is 0 Å². The van der Waals surface area contributed by atoms with Crippen LogP contribution in [0.3, 0.4) is 0 Å². The largest absolute Gasteiger partial charge is 0.493 e. The number of ether oxygens (including phenoxy) is 1. The number of pyridine rings is 1. The maximum Gasteiger partial charge on any atom is 0.191 e. The maximum absolute atomic E-state index is 5.99. The molecule has 1 saturated carbocycles. The molecule has 7 nitrogen and oxygen atoms in total. The third-order valence-electron chi connectivity index (χ3n) is 4.69. The van der Waals surface area contributed by atoms with E-state index in [4.69, 9.17) is 9.73 Å².